The molecule has 1 amide bonds. The van der Waals surface area contributed by atoms with E-state index in [1.165, 1.54) is 6.42 Å². The molecule has 108 valence electrons. The van der Waals surface area contributed by atoms with Gasteiger partial charge in [-0.3, -0.25) is 4.79 Å². The molecule has 1 fully saturated rings. The van der Waals surface area contributed by atoms with E-state index in [0.29, 0.717) is 15.6 Å². The molecule has 0 radical (unpaired) electrons. The molecule has 0 unspecified atom stereocenters. The number of likely N-dealkylation sites (tertiary alicyclic amines) is 1. The maximum atomic E-state index is 12.4. The van der Waals surface area contributed by atoms with Crippen LogP contribution in [0.3, 0.4) is 0 Å². The van der Waals surface area contributed by atoms with Gasteiger partial charge in [0.05, 0.1) is 0 Å². The second kappa shape index (κ2) is 6.64. The zero-order valence-electron chi connectivity index (χ0n) is 11.8. The number of carbonyl (C=O) groups excluding carboxylic acids is 1. The fraction of sp³-hybridized carbons (Fsp3) is 0.438. The number of halogens is 2. The van der Waals surface area contributed by atoms with Crippen LogP contribution in [0.2, 0.25) is 10.0 Å². The molecule has 2 nitrogen and oxygen atoms in total. The minimum atomic E-state index is 0.0284. The second-order valence-corrected chi connectivity index (χ2v) is 6.16. The standard InChI is InChI=1S/C16H19Cl2NO/c1-11-5-3-6-12(2)19(11)16(20)10-9-13-14(17)7-4-8-15(13)18/h4,7-12H,3,5-6H2,1-2H3/b10-9+/t11-,12-/m0/s1. The summed E-state index contributed by atoms with van der Waals surface area (Å²) in [4.78, 5) is 14.3. The Morgan fingerprint density at radius 2 is 1.75 bits per heavy atom. The molecule has 1 aromatic carbocycles. The molecule has 2 rings (SSSR count). The van der Waals surface area contributed by atoms with E-state index in [2.05, 4.69) is 13.8 Å². The van der Waals surface area contributed by atoms with Crippen molar-refractivity contribution >= 4 is 35.2 Å². The lowest BCUT2D eigenvalue weighted by Gasteiger charge is -2.38. The molecule has 1 aliphatic heterocycles. The van der Waals surface area contributed by atoms with Crippen LogP contribution in [0.5, 0.6) is 0 Å². The van der Waals surface area contributed by atoms with Crippen LogP contribution in [-0.2, 0) is 4.79 Å². The largest absolute Gasteiger partial charge is 0.334 e. The van der Waals surface area contributed by atoms with E-state index in [9.17, 15) is 4.79 Å². The van der Waals surface area contributed by atoms with Crippen LogP contribution in [0.4, 0.5) is 0 Å². The summed E-state index contributed by atoms with van der Waals surface area (Å²) in [5.74, 6) is 0.0284. The number of carbonyl (C=O) groups is 1. The van der Waals surface area contributed by atoms with Gasteiger partial charge in [-0.2, -0.15) is 0 Å². The molecule has 1 saturated heterocycles. The van der Waals surface area contributed by atoms with Crippen molar-refractivity contribution in [2.75, 3.05) is 0 Å². The first-order valence-electron chi connectivity index (χ1n) is 6.95. The predicted molar refractivity (Wildman–Crippen MR) is 85.1 cm³/mol. The number of rotatable bonds is 2. The van der Waals surface area contributed by atoms with E-state index in [4.69, 9.17) is 23.2 Å². The third kappa shape index (κ3) is 3.36. The first kappa shape index (κ1) is 15.4. The third-order valence-electron chi connectivity index (χ3n) is 3.84. The molecule has 4 heteroatoms. The van der Waals surface area contributed by atoms with E-state index in [1.807, 2.05) is 4.90 Å². The number of hydrogen-bond acceptors (Lipinski definition) is 1. The molecule has 1 heterocycles. The normalized spacial score (nSPS) is 23.3. The highest BCUT2D eigenvalue weighted by molar-refractivity contribution is 6.37. The van der Waals surface area contributed by atoms with Crippen LogP contribution in [0.25, 0.3) is 6.08 Å². The highest BCUT2D eigenvalue weighted by Gasteiger charge is 2.27. The van der Waals surface area contributed by atoms with Gasteiger partial charge in [-0.05, 0) is 51.3 Å². The predicted octanol–water partition coefficient (Wildman–Crippen LogP) is 4.80. The lowest BCUT2D eigenvalue weighted by molar-refractivity contribution is -0.131. The number of nitrogens with zero attached hydrogens (tertiary/aromatic N) is 1. The van der Waals surface area contributed by atoms with E-state index in [-0.39, 0.29) is 18.0 Å². The SMILES string of the molecule is C[C@H]1CCC[C@H](C)N1C(=O)/C=C/c1c(Cl)cccc1Cl. The highest BCUT2D eigenvalue weighted by Crippen LogP contribution is 2.26. The van der Waals surface area contributed by atoms with Gasteiger partial charge in [-0.1, -0.05) is 29.3 Å². The Hall–Kier alpha value is -0.990. The molecule has 1 aliphatic rings. The Kier molecular flexibility index (Phi) is 5.11. The minimum absolute atomic E-state index is 0.0284. The van der Waals surface area contributed by atoms with Crippen LogP contribution in [0, 0.1) is 0 Å². The summed E-state index contributed by atoms with van der Waals surface area (Å²) in [7, 11) is 0. The topological polar surface area (TPSA) is 20.3 Å². The van der Waals surface area contributed by atoms with E-state index >= 15 is 0 Å². The summed E-state index contributed by atoms with van der Waals surface area (Å²) in [5.41, 5.74) is 0.696. The van der Waals surface area contributed by atoms with Crippen LogP contribution < -0.4 is 0 Å². The Morgan fingerprint density at radius 3 is 2.30 bits per heavy atom. The first-order chi connectivity index (χ1) is 9.50. The maximum absolute atomic E-state index is 12.4. The van der Waals surface area contributed by atoms with Gasteiger partial charge in [0, 0.05) is 33.8 Å². The molecule has 0 saturated carbocycles. The zero-order chi connectivity index (χ0) is 14.7. The Labute approximate surface area is 130 Å². The average molecular weight is 312 g/mol. The van der Waals surface area contributed by atoms with Crippen molar-refractivity contribution < 1.29 is 4.79 Å². The zero-order valence-corrected chi connectivity index (χ0v) is 13.3. The monoisotopic (exact) mass is 311 g/mol. The van der Waals surface area contributed by atoms with E-state index in [1.54, 1.807) is 30.4 Å². The molecule has 0 N–H and O–H groups in total. The second-order valence-electron chi connectivity index (χ2n) is 5.34. The molecule has 0 bridgehead atoms. The minimum Gasteiger partial charge on any atom is -0.334 e. The van der Waals surface area contributed by atoms with Gasteiger partial charge in [0.1, 0.15) is 0 Å². The summed E-state index contributed by atoms with van der Waals surface area (Å²) < 4.78 is 0. The summed E-state index contributed by atoms with van der Waals surface area (Å²) in [6, 6.07) is 5.90. The number of hydrogen-bond donors (Lipinski definition) is 0. The molecular formula is C16H19Cl2NO. The van der Waals surface area contributed by atoms with Crippen molar-refractivity contribution in [1.29, 1.82) is 0 Å². The van der Waals surface area contributed by atoms with Gasteiger partial charge >= 0.3 is 0 Å². The van der Waals surface area contributed by atoms with Crippen LogP contribution >= 0.6 is 23.2 Å². The highest BCUT2D eigenvalue weighted by atomic mass is 35.5. The van der Waals surface area contributed by atoms with Crippen LogP contribution in [0.15, 0.2) is 24.3 Å². The van der Waals surface area contributed by atoms with Crippen molar-refractivity contribution in [1.82, 2.24) is 4.90 Å². The van der Waals surface area contributed by atoms with Crippen molar-refractivity contribution in [3.05, 3.63) is 39.9 Å². The smallest absolute Gasteiger partial charge is 0.247 e. The summed E-state index contributed by atoms with van der Waals surface area (Å²) in [6.07, 6.45) is 6.60. The Balaban J connectivity index is 2.16. The van der Waals surface area contributed by atoms with E-state index < -0.39 is 0 Å². The average Bonchev–Trinajstić information content (AvgIpc) is 2.38. The maximum Gasteiger partial charge on any atom is 0.247 e. The van der Waals surface area contributed by atoms with E-state index in [0.717, 1.165) is 12.8 Å². The molecule has 0 aliphatic carbocycles. The van der Waals surface area contributed by atoms with Gasteiger partial charge < -0.3 is 4.90 Å². The molecule has 2 atom stereocenters. The molecule has 1 aromatic rings. The molecule has 0 aromatic heterocycles. The van der Waals surface area contributed by atoms with Gasteiger partial charge in [-0.15, -0.1) is 0 Å². The van der Waals surface area contributed by atoms with Crippen LogP contribution in [0.1, 0.15) is 38.7 Å². The Bertz CT molecular complexity index is 497. The molecule has 0 spiro atoms. The van der Waals surface area contributed by atoms with Crippen molar-refractivity contribution in [3.8, 4) is 0 Å². The summed E-state index contributed by atoms with van der Waals surface area (Å²) >= 11 is 12.2. The fourth-order valence-electron chi connectivity index (χ4n) is 2.77. The Morgan fingerprint density at radius 1 is 1.20 bits per heavy atom. The summed E-state index contributed by atoms with van der Waals surface area (Å²) in [6.45, 7) is 4.20. The third-order valence-corrected chi connectivity index (χ3v) is 4.50. The fourth-order valence-corrected chi connectivity index (χ4v) is 3.29. The molecular weight excluding hydrogens is 293 g/mol. The summed E-state index contributed by atoms with van der Waals surface area (Å²) in [5, 5.41) is 1.11. The number of piperidine rings is 1. The number of amides is 1. The van der Waals surface area contributed by atoms with Crippen LogP contribution in [-0.4, -0.2) is 22.9 Å². The lowest BCUT2D eigenvalue weighted by Crippen LogP contribution is -2.46. The van der Waals surface area contributed by atoms with Gasteiger partial charge in [0.2, 0.25) is 5.91 Å². The lowest BCUT2D eigenvalue weighted by atomic mass is 9.97. The quantitative estimate of drug-likeness (QED) is 0.719. The van der Waals surface area contributed by atoms with Crippen molar-refractivity contribution in [3.63, 3.8) is 0 Å². The van der Waals surface area contributed by atoms with Gasteiger partial charge in [0.15, 0.2) is 0 Å². The number of benzene rings is 1. The van der Waals surface area contributed by atoms with Crippen molar-refractivity contribution in [2.24, 2.45) is 0 Å². The molecule has 20 heavy (non-hydrogen) atoms. The van der Waals surface area contributed by atoms with Crippen molar-refractivity contribution in [2.45, 2.75) is 45.2 Å². The first-order valence-corrected chi connectivity index (χ1v) is 7.70. The van der Waals surface area contributed by atoms with Gasteiger partial charge in [-0.25, -0.2) is 0 Å². The van der Waals surface area contributed by atoms with Gasteiger partial charge in [0.25, 0.3) is 0 Å².